The number of aliphatic hydroxyl groups is 1. The Morgan fingerprint density at radius 2 is 2.10 bits per heavy atom. The van der Waals surface area contributed by atoms with Gasteiger partial charge in [0.15, 0.2) is 0 Å². The van der Waals surface area contributed by atoms with E-state index >= 15 is 0 Å². The number of sulfonamides is 1. The average molecular weight is 311 g/mol. The highest BCUT2D eigenvalue weighted by Gasteiger charge is 2.30. The van der Waals surface area contributed by atoms with Crippen molar-refractivity contribution in [3.05, 3.63) is 57.4 Å². The van der Waals surface area contributed by atoms with Gasteiger partial charge >= 0.3 is 0 Å². The van der Waals surface area contributed by atoms with Crippen LogP contribution in [0.3, 0.4) is 0 Å². The van der Waals surface area contributed by atoms with E-state index in [0.29, 0.717) is 16.1 Å². The molecule has 0 atom stereocenters. The van der Waals surface area contributed by atoms with E-state index in [4.69, 9.17) is 0 Å². The second-order valence-corrected chi connectivity index (χ2v) is 6.94. The molecule has 0 saturated heterocycles. The van der Waals surface area contributed by atoms with Crippen molar-refractivity contribution >= 4 is 32.8 Å². The van der Waals surface area contributed by atoms with E-state index in [1.165, 1.54) is 29.5 Å². The van der Waals surface area contributed by atoms with Crippen molar-refractivity contribution in [2.45, 2.75) is 6.54 Å². The molecule has 7 heteroatoms. The molecule has 0 unspecified atom stereocenters. The lowest BCUT2D eigenvalue weighted by atomic mass is 10.2. The molecule has 1 N–H and O–H groups in total. The molecule has 0 bridgehead atoms. The number of halogens is 1. The lowest BCUT2D eigenvalue weighted by Crippen LogP contribution is -2.31. The minimum atomic E-state index is -3.76. The molecule has 0 amide bonds. The maximum Gasteiger partial charge on any atom is 0.261 e. The van der Waals surface area contributed by atoms with Gasteiger partial charge in [0.25, 0.3) is 10.0 Å². The van der Waals surface area contributed by atoms with Crippen LogP contribution in [0.25, 0.3) is 5.76 Å². The highest BCUT2D eigenvalue weighted by molar-refractivity contribution is 7.95. The summed E-state index contributed by atoms with van der Waals surface area (Å²) in [6.07, 6.45) is 0. The standard InChI is InChI=1S/C13H10FNO3S2/c14-10-3-1-2-9(6-10)7-15-11-4-5-19-13(11)12(16)8-20(15,17)18/h1-6,8,16H,7H2. The summed E-state index contributed by atoms with van der Waals surface area (Å²) in [7, 11) is -3.76. The van der Waals surface area contributed by atoms with Crippen LogP contribution in [-0.2, 0) is 16.6 Å². The first-order chi connectivity index (χ1) is 9.47. The van der Waals surface area contributed by atoms with Crippen LogP contribution in [0, 0.1) is 5.82 Å². The lowest BCUT2D eigenvalue weighted by molar-refractivity contribution is 0.512. The van der Waals surface area contributed by atoms with Crippen LogP contribution in [0.1, 0.15) is 10.4 Å². The van der Waals surface area contributed by atoms with Gasteiger partial charge in [-0.2, -0.15) is 0 Å². The van der Waals surface area contributed by atoms with Crippen molar-refractivity contribution in [3.63, 3.8) is 0 Å². The number of anilines is 1. The Kier molecular flexibility index (Phi) is 3.02. The second-order valence-electron chi connectivity index (χ2n) is 4.32. The zero-order valence-corrected chi connectivity index (χ0v) is 11.8. The van der Waals surface area contributed by atoms with Gasteiger partial charge in [-0.05, 0) is 29.1 Å². The minimum absolute atomic E-state index is 0.0214. The van der Waals surface area contributed by atoms with Gasteiger partial charge in [0.05, 0.1) is 22.5 Å². The molecule has 1 aromatic heterocycles. The monoisotopic (exact) mass is 311 g/mol. The molecule has 1 aliphatic rings. The zero-order valence-electron chi connectivity index (χ0n) is 10.2. The molecule has 1 aromatic carbocycles. The van der Waals surface area contributed by atoms with E-state index in [9.17, 15) is 17.9 Å². The maximum atomic E-state index is 13.2. The molecular formula is C13H10FNO3S2. The molecule has 1 aliphatic heterocycles. The van der Waals surface area contributed by atoms with Gasteiger partial charge in [0.2, 0.25) is 0 Å². The lowest BCUT2D eigenvalue weighted by Gasteiger charge is -2.26. The fourth-order valence-corrected chi connectivity index (χ4v) is 4.29. The molecule has 104 valence electrons. The van der Waals surface area contributed by atoms with E-state index in [-0.39, 0.29) is 12.3 Å². The number of hydrogen-bond acceptors (Lipinski definition) is 4. The molecule has 2 aromatic rings. The van der Waals surface area contributed by atoms with E-state index in [1.807, 2.05) is 0 Å². The fraction of sp³-hybridized carbons (Fsp3) is 0.0769. The molecule has 0 spiro atoms. The quantitative estimate of drug-likeness (QED) is 0.927. The third kappa shape index (κ3) is 2.19. The van der Waals surface area contributed by atoms with Crippen LogP contribution in [0.5, 0.6) is 0 Å². The summed E-state index contributed by atoms with van der Waals surface area (Å²) in [5.74, 6) is -0.675. The van der Waals surface area contributed by atoms with E-state index in [0.717, 1.165) is 9.71 Å². The van der Waals surface area contributed by atoms with Crippen LogP contribution in [0.2, 0.25) is 0 Å². The van der Waals surface area contributed by atoms with Crippen molar-refractivity contribution in [1.82, 2.24) is 0 Å². The number of nitrogens with zero attached hydrogens (tertiary/aromatic N) is 1. The largest absolute Gasteiger partial charge is 0.506 e. The molecule has 0 saturated carbocycles. The number of fused-ring (bicyclic) bond motifs is 1. The summed E-state index contributed by atoms with van der Waals surface area (Å²) in [6, 6.07) is 7.40. The van der Waals surface area contributed by atoms with Gasteiger partial charge < -0.3 is 5.11 Å². The van der Waals surface area contributed by atoms with Gasteiger partial charge in [-0.15, -0.1) is 11.3 Å². The number of benzene rings is 1. The van der Waals surface area contributed by atoms with Crippen molar-refractivity contribution in [3.8, 4) is 0 Å². The summed E-state index contributed by atoms with van der Waals surface area (Å²) in [5, 5.41) is 12.2. The Morgan fingerprint density at radius 3 is 2.85 bits per heavy atom. The molecule has 2 heterocycles. The van der Waals surface area contributed by atoms with Crippen LogP contribution in [0.4, 0.5) is 10.1 Å². The minimum Gasteiger partial charge on any atom is -0.506 e. The second kappa shape index (κ2) is 4.60. The van der Waals surface area contributed by atoms with Crippen LogP contribution < -0.4 is 4.31 Å². The summed E-state index contributed by atoms with van der Waals surface area (Å²) in [6.45, 7) is 0.0214. The third-order valence-corrected chi connectivity index (χ3v) is 5.32. The van der Waals surface area contributed by atoms with Gasteiger partial charge in [0, 0.05) is 0 Å². The number of aliphatic hydroxyl groups excluding tert-OH is 1. The molecule has 3 rings (SSSR count). The maximum absolute atomic E-state index is 13.2. The first-order valence-corrected chi connectivity index (χ1v) is 8.11. The normalized spacial score (nSPS) is 16.6. The van der Waals surface area contributed by atoms with Crippen LogP contribution in [0.15, 0.2) is 41.1 Å². The first-order valence-electron chi connectivity index (χ1n) is 5.73. The summed E-state index contributed by atoms with van der Waals surface area (Å²) in [5.41, 5.74) is 0.958. The topological polar surface area (TPSA) is 57.6 Å². The van der Waals surface area contributed by atoms with Gasteiger partial charge in [-0.3, -0.25) is 4.31 Å². The average Bonchev–Trinajstić information content (AvgIpc) is 2.83. The molecule has 0 radical (unpaired) electrons. The number of thiophene rings is 1. The van der Waals surface area contributed by atoms with Crippen molar-refractivity contribution in [2.24, 2.45) is 0 Å². The van der Waals surface area contributed by atoms with Gasteiger partial charge in [0.1, 0.15) is 11.6 Å². The summed E-state index contributed by atoms with van der Waals surface area (Å²) >= 11 is 1.25. The van der Waals surface area contributed by atoms with E-state index in [1.54, 1.807) is 17.5 Å². The van der Waals surface area contributed by atoms with E-state index < -0.39 is 15.8 Å². The number of rotatable bonds is 2. The van der Waals surface area contributed by atoms with Gasteiger partial charge in [-0.25, -0.2) is 12.8 Å². The summed E-state index contributed by atoms with van der Waals surface area (Å²) < 4.78 is 38.6. The predicted molar refractivity (Wildman–Crippen MR) is 76.4 cm³/mol. The molecule has 0 fully saturated rings. The Balaban J connectivity index is 2.05. The zero-order chi connectivity index (χ0) is 14.3. The smallest absolute Gasteiger partial charge is 0.261 e. The Morgan fingerprint density at radius 1 is 1.30 bits per heavy atom. The van der Waals surface area contributed by atoms with Crippen LogP contribution in [-0.4, -0.2) is 13.5 Å². The van der Waals surface area contributed by atoms with Gasteiger partial charge in [-0.1, -0.05) is 12.1 Å². The highest BCUT2D eigenvalue weighted by atomic mass is 32.2. The van der Waals surface area contributed by atoms with Crippen molar-refractivity contribution < 1.29 is 17.9 Å². The van der Waals surface area contributed by atoms with Crippen molar-refractivity contribution in [2.75, 3.05) is 4.31 Å². The van der Waals surface area contributed by atoms with Crippen LogP contribution >= 0.6 is 11.3 Å². The molecule has 20 heavy (non-hydrogen) atoms. The summed E-state index contributed by atoms with van der Waals surface area (Å²) in [4.78, 5) is 0.497. The van der Waals surface area contributed by atoms with E-state index in [2.05, 4.69) is 0 Å². The molecule has 4 nitrogen and oxygen atoms in total. The molecular weight excluding hydrogens is 301 g/mol. The Labute approximate surface area is 119 Å². The number of hydrogen-bond donors (Lipinski definition) is 1. The van der Waals surface area contributed by atoms with Crippen molar-refractivity contribution in [1.29, 1.82) is 0 Å². The SMILES string of the molecule is O=S1(=O)C=C(O)c2sccc2N1Cc1cccc(F)c1. The Hall–Kier alpha value is -1.86. The fourth-order valence-electron chi connectivity index (χ4n) is 2.06. The third-order valence-electron chi connectivity index (χ3n) is 2.93. The highest BCUT2D eigenvalue weighted by Crippen LogP contribution is 2.38. The molecule has 0 aliphatic carbocycles. The first kappa shape index (κ1) is 13.1. The Bertz CT molecular complexity index is 795. The predicted octanol–water partition coefficient (Wildman–Crippen LogP) is 3.09.